The fourth-order valence-corrected chi connectivity index (χ4v) is 4.02. The summed E-state index contributed by atoms with van der Waals surface area (Å²) >= 11 is 3.42. The van der Waals surface area contributed by atoms with Gasteiger partial charge in [0, 0.05) is 21.8 Å². The van der Waals surface area contributed by atoms with E-state index in [0.717, 1.165) is 19.4 Å². The number of thiophene rings is 2. The van der Waals surface area contributed by atoms with Crippen LogP contribution in [0.25, 0.3) is 0 Å². The van der Waals surface area contributed by atoms with E-state index in [9.17, 15) is 4.79 Å². The standard InChI is InChI=1S/C19H28N2OS2/c1-5-6-11-21(19(2,3)4)18(22)20(14-16-9-7-12-23-16)15-17-10-8-13-24-17/h7-10,12-13H,5-6,11,14-15H2,1-4H3. The number of nitrogens with zero attached hydrogens (tertiary/aromatic N) is 2. The largest absolute Gasteiger partial charge is 0.321 e. The first-order valence-electron chi connectivity index (χ1n) is 8.53. The van der Waals surface area contributed by atoms with Crippen molar-refractivity contribution < 1.29 is 4.79 Å². The Morgan fingerprint density at radius 3 is 1.96 bits per heavy atom. The minimum absolute atomic E-state index is 0.137. The number of amides is 2. The highest BCUT2D eigenvalue weighted by Gasteiger charge is 2.30. The van der Waals surface area contributed by atoms with Gasteiger partial charge >= 0.3 is 6.03 Å². The van der Waals surface area contributed by atoms with E-state index in [1.54, 1.807) is 22.7 Å². The molecular weight excluding hydrogens is 336 g/mol. The Morgan fingerprint density at radius 1 is 1.04 bits per heavy atom. The summed E-state index contributed by atoms with van der Waals surface area (Å²) in [5, 5.41) is 4.14. The summed E-state index contributed by atoms with van der Waals surface area (Å²) in [5.74, 6) is 0. The van der Waals surface area contributed by atoms with Crippen molar-refractivity contribution >= 4 is 28.7 Å². The van der Waals surface area contributed by atoms with Crippen LogP contribution in [0.1, 0.15) is 50.3 Å². The second kappa shape index (κ2) is 8.67. The van der Waals surface area contributed by atoms with Gasteiger partial charge < -0.3 is 9.80 Å². The van der Waals surface area contributed by atoms with Crippen LogP contribution in [0.3, 0.4) is 0 Å². The number of urea groups is 1. The first-order chi connectivity index (χ1) is 11.4. The summed E-state index contributed by atoms with van der Waals surface area (Å²) in [4.78, 5) is 19.8. The Kier molecular flexibility index (Phi) is 6.87. The molecule has 2 aromatic rings. The Labute approximate surface area is 153 Å². The number of unbranched alkanes of at least 4 members (excludes halogenated alkanes) is 1. The molecule has 0 aliphatic heterocycles. The molecule has 0 aliphatic rings. The summed E-state index contributed by atoms with van der Waals surface area (Å²) in [7, 11) is 0. The van der Waals surface area contributed by atoms with Gasteiger partial charge in [-0.15, -0.1) is 22.7 Å². The van der Waals surface area contributed by atoms with Crippen LogP contribution >= 0.6 is 22.7 Å². The maximum absolute atomic E-state index is 13.3. The molecule has 0 unspecified atom stereocenters. The van der Waals surface area contributed by atoms with E-state index >= 15 is 0 Å². The lowest BCUT2D eigenvalue weighted by molar-refractivity contribution is 0.104. The molecule has 0 fully saturated rings. The minimum Gasteiger partial charge on any atom is -0.320 e. The summed E-state index contributed by atoms with van der Waals surface area (Å²) < 4.78 is 0. The highest BCUT2D eigenvalue weighted by molar-refractivity contribution is 7.10. The average Bonchev–Trinajstić information content (AvgIpc) is 3.19. The lowest BCUT2D eigenvalue weighted by Gasteiger charge is -2.39. The van der Waals surface area contributed by atoms with E-state index in [1.165, 1.54) is 9.75 Å². The number of carbonyl (C=O) groups excluding carboxylic acids is 1. The fraction of sp³-hybridized carbons (Fsp3) is 0.526. The Balaban J connectivity index is 2.20. The Bertz CT molecular complexity index is 564. The second-order valence-electron chi connectivity index (χ2n) is 6.97. The molecule has 3 nitrogen and oxygen atoms in total. The zero-order chi connectivity index (χ0) is 17.6. The van der Waals surface area contributed by atoms with Crippen LogP contribution in [-0.4, -0.2) is 27.9 Å². The van der Waals surface area contributed by atoms with Gasteiger partial charge in [0.2, 0.25) is 0 Å². The summed E-state index contributed by atoms with van der Waals surface area (Å²) in [6.45, 7) is 10.7. The van der Waals surface area contributed by atoms with Gasteiger partial charge in [-0.05, 0) is 50.1 Å². The second-order valence-corrected chi connectivity index (χ2v) is 9.04. The van der Waals surface area contributed by atoms with Crippen LogP contribution in [0.2, 0.25) is 0 Å². The summed E-state index contributed by atoms with van der Waals surface area (Å²) in [6, 6.07) is 8.44. The highest BCUT2D eigenvalue weighted by atomic mass is 32.1. The number of carbonyl (C=O) groups is 1. The molecule has 0 bridgehead atoms. The van der Waals surface area contributed by atoms with E-state index in [-0.39, 0.29) is 11.6 Å². The average molecular weight is 365 g/mol. The minimum atomic E-state index is -0.171. The van der Waals surface area contributed by atoms with Crippen LogP contribution in [0.15, 0.2) is 35.0 Å². The third-order valence-corrected chi connectivity index (χ3v) is 5.62. The predicted molar refractivity (Wildman–Crippen MR) is 105 cm³/mol. The molecule has 0 atom stereocenters. The lowest BCUT2D eigenvalue weighted by atomic mass is 10.1. The van der Waals surface area contributed by atoms with Crippen LogP contribution in [0.5, 0.6) is 0 Å². The third-order valence-electron chi connectivity index (χ3n) is 3.90. The van der Waals surface area contributed by atoms with Crippen LogP contribution in [0.4, 0.5) is 4.79 Å². The molecule has 24 heavy (non-hydrogen) atoms. The Morgan fingerprint density at radius 2 is 1.58 bits per heavy atom. The molecule has 2 heterocycles. The van der Waals surface area contributed by atoms with Crippen molar-refractivity contribution in [3.8, 4) is 0 Å². The molecule has 0 aliphatic carbocycles. The van der Waals surface area contributed by atoms with Crippen LogP contribution < -0.4 is 0 Å². The maximum atomic E-state index is 13.3. The molecule has 0 radical (unpaired) electrons. The van der Waals surface area contributed by atoms with Gasteiger partial charge in [-0.1, -0.05) is 25.5 Å². The topological polar surface area (TPSA) is 23.6 Å². The van der Waals surface area contributed by atoms with Gasteiger partial charge in [0.05, 0.1) is 13.1 Å². The van der Waals surface area contributed by atoms with E-state index in [4.69, 9.17) is 0 Å². The summed E-state index contributed by atoms with van der Waals surface area (Å²) in [6.07, 6.45) is 2.13. The van der Waals surface area contributed by atoms with Gasteiger partial charge in [-0.3, -0.25) is 0 Å². The molecule has 0 saturated carbocycles. The monoisotopic (exact) mass is 364 g/mol. The molecule has 0 spiro atoms. The molecule has 132 valence electrons. The van der Waals surface area contributed by atoms with Crippen molar-refractivity contribution in [2.24, 2.45) is 0 Å². The van der Waals surface area contributed by atoms with Crippen molar-refractivity contribution in [1.82, 2.24) is 9.80 Å². The van der Waals surface area contributed by atoms with E-state index in [1.807, 2.05) is 21.9 Å². The maximum Gasteiger partial charge on any atom is 0.321 e. The SMILES string of the molecule is CCCCN(C(=O)N(Cc1cccs1)Cc1cccs1)C(C)(C)C. The van der Waals surface area contributed by atoms with E-state index in [2.05, 4.69) is 50.6 Å². The van der Waals surface area contributed by atoms with Gasteiger partial charge in [-0.2, -0.15) is 0 Å². The number of hydrogen-bond acceptors (Lipinski definition) is 3. The number of rotatable bonds is 7. The van der Waals surface area contributed by atoms with Crippen molar-refractivity contribution in [3.63, 3.8) is 0 Å². The molecule has 2 rings (SSSR count). The molecule has 0 aromatic carbocycles. The fourth-order valence-electron chi connectivity index (χ4n) is 2.58. The molecule has 0 N–H and O–H groups in total. The quantitative estimate of drug-likeness (QED) is 0.606. The number of hydrogen-bond donors (Lipinski definition) is 0. The van der Waals surface area contributed by atoms with Crippen molar-refractivity contribution in [3.05, 3.63) is 44.8 Å². The molecule has 5 heteroatoms. The smallest absolute Gasteiger partial charge is 0.320 e. The lowest BCUT2D eigenvalue weighted by Crippen LogP contribution is -2.51. The normalized spacial score (nSPS) is 11.5. The van der Waals surface area contributed by atoms with Crippen LogP contribution in [-0.2, 0) is 13.1 Å². The zero-order valence-corrected chi connectivity index (χ0v) is 16.8. The van der Waals surface area contributed by atoms with E-state index < -0.39 is 0 Å². The zero-order valence-electron chi connectivity index (χ0n) is 15.1. The molecule has 2 amide bonds. The van der Waals surface area contributed by atoms with Crippen molar-refractivity contribution in [1.29, 1.82) is 0 Å². The highest BCUT2D eigenvalue weighted by Crippen LogP contribution is 2.22. The first kappa shape index (κ1) is 19.0. The molecule has 2 aromatic heterocycles. The summed E-state index contributed by atoms with van der Waals surface area (Å²) in [5.41, 5.74) is -0.171. The first-order valence-corrected chi connectivity index (χ1v) is 10.3. The predicted octanol–water partition coefficient (Wildman–Crippen LogP) is 5.83. The van der Waals surface area contributed by atoms with Gasteiger partial charge in [0.25, 0.3) is 0 Å². The van der Waals surface area contributed by atoms with Crippen LogP contribution in [0, 0.1) is 0 Å². The van der Waals surface area contributed by atoms with E-state index in [0.29, 0.717) is 13.1 Å². The molecule has 0 saturated heterocycles. The third kappa shape index (κ3) is 5.35. The van der Waals surface area contributed by atoms with Gasteiger partial charge in [-0.25, -0.2) is 4.79 Å². The van der Waals surface area contributed by atoms with Crippen molar-refractivity contribution in [2.75, 3.05) is 6.54 Å². The van der Waals surface area contributed by atoms with Gasteiger partial charge in [0.1, 0.15) is 0 Å². The Hall–Kier alpha value is -1.33. The van der Waals surface area contributed by atoms with Crippen molar-refractivity contribution in [2.45, 2.75) is 59.2 Å². The van der Waals surface area contributed by atoms with Gasteiger partial charge in [0.15, 0.2) is 0 Å². The molecular formula is C19H28N2OS2.